The Morgan fingerprint density at radius 1 is 0.600 bits per heavy atom. The van der Waals surface area contributed by atoms with Crippen LogP contribution in [0.2, 0.25) is 0 Å². The zero-order valence-electron chi connectivity index (χ0n) is 22.9. The lowest BCUT2D eigenvalue weighted by Gasteiger charge is -2.14. The van der Waals surface area contributed by atoms with Gasteiger partial charge in [0.15, 0.2) is 0 Å². The van der Waals surface area contributed by atoms with E-state index in [0.717, 1.165) is 20.9 Å². The van der Waals surface area contributed by atoms with Crippen molar-refractivity contribution in [1.29, 1.82) is 0 Å². The fourth-order valence-corrected chi connectivity index (χ4v) is 5.28. The summed E-state index contributed by atoms with van der Waals surface area (Å²) in [6, 6.07) is 27.4. The van der Waals surface area contributed by atoms with Crippen LogP contribution >= 0.6 is 23.5 Å². The predicted octanol–water partition coefficient (Wildman–Crippen LogP) is 7.45. The summed E-state index contributed by atoms with van der Waals surface area (Å²) in [4.78, 5) is 27.3. The molecule has 0 saturated heterocycles. The third-order valence-corrected chi connectivity index (χ3v) is 8.09. The minimum Gasteiger partial charge on any atom is -0.495 e. The molecule has 4 aromatic rings. The average Bonchev–Trinajstić information content (AvgIpc) is 2.97. The molecule has 0 fully saturated rings. The minimum atomic E-state index is -0.112. The molecule has 0 unspecified atom stereocenters. The van der Waals surface area contributed by atoms with Crippen molar-refractivity contribution in [3.63, 3.8) is 0 Å². The first-order chi connectivity index (χ1) is 19.3. The van der Waals surface area contributed by atoms with E-state index in [4.69, 9.17) is 9.47 Å². The number of thioether (sulfide) groups is 2. The second-order valence-corrected chi connectivity index (χ2v) is 11.2. The van der Waals surface area contributed by atoms with E-state index >= 15 is 0 Å². The van der Waals surface area contributed by atoms with Crippen molar-refractivity contribution in [2.45, 2.75) is 23.6 Å². The number of hydrogen-bond donors (Lipinski definition) is 2. The van der Waals surface area contributed by atoms with Gasteiger partial charge >= 0.3 is 0 Å². The summed E-state index contributed by atoms with van der Waals surface area (Å²) in [6.45, 7) is 4.07. The van der Waals surface area contributed by atoms with E-state index in [9.17, 15) is 9.59 Å². The molecule has 4 aromatic carbocycles. The van der Waals surface area contributed by atoms with Crippen molar-refractivity contribution >= 4 is 46.7 Å². The molecule has 0 radical (unpaired) electrons. The number of nitrogens with one attached hydrogen (secondary N) is 2. The molecule has 4 rings (SSSR count). The maximum Gasteiger partial charge on any atom is 0.234 e. The maximum absolute atomic E-state index is 12.6. The lowest BCUT2D eigenvalue weighted by molar-refractivity contribution is -0.114. The van der Waals surface area contributed by atoms with Crippen LogP contribution in [-0.4, -0.2) is 37.5 Å². The Morgan fingerprint density at radius 2 is 0.975 bits per heavy atom. The van der Waals surface area contributed by atoms with Gasteiger partial charge in [-0.1, -0.05) is 47.5 Å². The number of hydrogen-bond acceptors (Lipinski definition) is 6. The molecule has 0 aromatic heterocycles. The minimum absolute atomic E-state index is 0.112. The number of aryl methyl sites for hydroxylation is 2. The van der Waals surface area contributed by atoms with Crippen LogP contribution in [0, 0.1) is 13.8 Å². The second-order valence-electron chi connectivity index (χ2n) is 9.13. The predicted molar refractivity (Wildman–Crippen MR) is 166 cm³/mol. The normalized spacial score (nSPS) is 10.6. The van der Waals surface area contributed by atoms with E-state index in [1.165, 1.54) is 34.7 Å². The van der Waals surface area contributed by atoms with Gasteiger partial charge in [0.2, 0.25) is 11.8 Å². The number of anilines is 2. The van der Waals surface area contributed by atoms with Crippen molar-refractivity contribution in [2.75, 3.05) is 36.4 Å². The zero-order chi connectivity index (χ0) is 28.5. The lowest BCUT2D eigenvalue weighted by Crippen LogP contribution is -2.15. The third-order valence-electron chi connectivity index (χ3n) is 6.07. The van der Waals surface area contributed by atoms with Gasteiger partial charge in [0.05, 0.1) is 37.1 Å². The molecule has 40 heavy (non-hydrogen) atoms. The Bertz CT molecular complexity index is 1360. The van der Waals surface area contributed by atoms with Crippen LogP contribution in [0.5, 0.6) is 11.5 Å². The molecule has 8 heteroatoms. The summed E-state index contributed by atoms with van der Waals surface area (Å²) in [5, 5.41) is 5.89. The molecule has 206 valence electrons. The van der Waals surface area contributed by atoms with Gasteiger partial charge in [-0.25, -0.2) is 0 Å². The number of ether oxygens (including phenoxy) is 2. The zero-order valence-corrected chi connectivity index (χ0v) is 24.6. The molecular formula is C32H32N2O4S2. The number of amides is 2. The number of carbonyl (C=O) groups excluding carboxylic acids is 2. The van der Waals surface area contributed by atoms with Gasteiger partial charge in [-0.2, -0.15) is 0 Å². The standard InChI is InChI=1S/C32H32N2O4S2/c1-21-5-11-25(12-6-21)39-19-31(35)33-27-15-9-23(17-29(27)37-3)24-10-16-28(30(18-24)38-4)34-32(36)20-40-26-13-7-22(2)8-14-26/h5-18H,19-20H2,1-4H3,(H,33,35)(H,34,36). The maximum atomic E-state index is 12.6. The Balaban J connectivity index is 1.39. The fourth-order valence-electron chi connectivity index (χ4n) is 3.89. The van der Waals surface area contributed by atoms with Gasteiger partial charge in [-0.3, -0.25) is 9.59 Å². The summed E-state index contributed by atoms with van der Waals surface area (Å²) in [5.74, 6) is 1.47. The van der Waals surface area contributed by atoms with Crippen molar-refractivity contribution in [2.24, 2.45) is 0 Å². The molecule has 6 nitrogen and oxygen atoms in total. The quantitative estimate of drug-likeness (QED) is 0.182. The molecule has 0 heterocycles. The molecule has 2 N–H and O–H groups in total. The highest BCUT2D eigenvalue weighted by molar-refractivity contribution is 8.00. The molecule has 2 amide bonds. The number of rotatable bonds is 11. The van der Waals surface area contributed by atoms with E-state index in [1.807, 2.05) is 98.8 Å². The van der Waals surface area contributed by atoms with Crippen LogP contribution in [0.25, 0.3) is 11.1 Å². The Labute approximate surface area is 243 Å². The molecule has 0 aliphatic carbocycles. The number of methoxy groups -OCH3 is 2. The topological polar surface area (TPSA) is 76.7 Å². The number of benzene rings is 4. The molecule has 0 aliphatic rings. The van der Waals surface area contributed by atoms with Crippen LogP contribution in [0.15, 0.2) is 94.7 Å². The van der Waals surface area contributed by atoms with Crippen LogP contribution in [0.3, 0.4) is 0 Å². The van der Waals surface area contributed by atoms with E-state index in [1.54, 1.807) is 14.2 Å². The van der Waals surface area contributed by atoms with Crippen molar-refractivity contribution in [1.82, 2.24) is 0 Å². The Hall–Kier alpha value is -3.88. The molecule has 0 aliphatic heterocycles. The molecule has 0 spiro atoms. The lowest BCUT2D eigenvalue weighted by atomic mass is 10.0. The first kappa shape index (κ1) is 29.1. The van der Waals surface area contributed by atoms with E-state index < -0.39 is 0 Å². The largest absolute Gasteiger partial charge is 0.495 e. The summed E-state index contributed by atoms with van der Waals surface area (Å²) in [6.07, 6.45) is 0. The van der Waals surface area contributed by atoms with Gasteiger partial charge < -0.3 is 20.1 Å². The van der Waals surface area contributed by atoms with Crippen LogP contribution in [-0.2, 0) is 9.59 Å². The summed E-state index contributed by atoms with van der Waals surface area (Å²) < 4.78 is 11.2. The first-order valence-corrected chi connectivity index (χ1v) is 14.7. The smallest absolute Gasteiger partial charge is 0.234 e. The van der Waals surface area contributed by atoms with E-state index in [0.29, 0.717) is 34.4 Å². The summed E-state index contributed by atoms with van der Waals surface area (Å²) >= 11 is 2.97. The number of carbonyl (C=O) groups is 2. The van der Waals surface area contributed by atoms with Crippen LogP contribution < -0.4 is 20.1 Å². The van der Waals surface area contributed by atoms with E-state index in [-0.39, 0.29) is 11.8 Å². The monoisotopic (exact) mass is 572 g/mol. The molecule has 0 saturated carbocycles. The third kappa shape index (κ3) is 8.07. The molecule has 0 atom stereocenters. The van der Waals surface area contributed by atoms with Crippen molar-refractivity contribution in [3.8, 4) is 22.6 Å². The van der Waals surface area contributed by atoms with Gasteiger partial charge in [0.1, 0.15) is 11.5 Å². The molecule has 0 bridgehead atoms. The van der Waals surface area contributed by atoms with Crippen molar-refractivity contribution in [3.05, 3.63) is 96.1 Å². The summed E-state index contributed by atoms with van der Waals surface area (Å²) in [7, 11) is 3.15. The van der Waals surface area contributed by atoms with Crippen LogP contribution in [0.4, 0.5) is 11.4 Å². The highest BCUT2D eigenvalue weighted by Crippen LogP contribution is 2.35. The highest BCUT2D eigenvalue weighted by atomic mass is 32.2. The van der Waals surface area contributed by atoms with Gasteiger partial charge in [0.25, 0.3) is 0 Å². The summed E-state index contributed by atoms with van der Waals surface area (Å²) in [5.41, 5.74) is 5.34. The highest BCUT2D eigenvalue weighted by Gasteiger charge is 2.13. The van der Waals surface area contributed by atoms with Gasteiger partial charge in [-0.15, -0.1) is 23.5 Å². The first-order valence-electron chi connectivity index (χ1n) is 12.7. The van der Waals surface area contributed by atoms with Gasteiger partial charge in [0, 0.05) is 9.79 Å². The average molecular weight is 573 g/mol. The van der Waals surface area contributed by atoms with E-state index in [2.05, 4.69) is 10.6 Å². The second kappa shape index (κ2) is 14.0. The van der Waals surface area contributed by atoms with Gasteiger partial charge in [-0.05, 0) is 73.5 Å². The van der Waals surface area contributed by atoms with Crippen molar-refractivity contribution < 1.29 is 19.1 Å². The fraction of sp³-hybridized carbons (Fsp3) is 0.188. The Kier molecular flexibility index (Phi) is 10.2. The Morgan fingerprint density at radius 3 is 1.32 bits per heavy atom. The van der Waals surface area contributed by atoms with Crippen LogP contribution in [0.1, 0.15) is 11.1 Å². The molecular weight excluding hydrogens is 540 g/mol. The SMILES string of the molecule is COc1cc(-c2ccc(NC(=O)CSc3ccc(C)cc3)c(OC)c2)ccc1NC(=O)CSc1ccc(C)cc1.